The van der Waals surface area contributed by atoms with Gasteiger partial charge in [0, 0.05) is 30.9 Å². The van der Waals surface area contributed by atoms with Crippen LogP contribution < -0.4 is 0 Å². The maximum absolute atomic E-state index is 12.1. The fourth-order valence-corrected chi connectivity index (χ4v) is 2.77. The lowest BCUT2D eigenvalue weighted by molar-refractivity contribution is -0.144. The second-order valence-corrected chi connectivity index (χ2v) is 7.10. The zero-order valence-electron chi connectivity index (χ0n) is 13.5. The second-order valence-electron chi connectivity index (χ2n) is 6.67. The van der Waals surface area contributed by atoms with E-state index in [4.69, 9.17) is 16.3 Å². The van der Waals surface area contributed by atoms with Gasteiger partial charge in [0.1, 0.15) is 5.60 Å². The third-order valence-electron chi connectivity index (χ3n) is 3.71. The maximum atomic E-state index is 12.1. The van der Waals surface area contributed by atoms with Crippen LogP contribution in [0.1, 0.15) is 38.8 Å². The summed E-state index contributed by atoms with van der Waals surface area (Å²) >= 11 is 5.83. The molecule has 0 radical (unpaired) electrons. The van der Waals surface area contributed by atoms with E-state index in [0.29, 0.717) is 23.7 Å². The van der Waals surface area contributed by atoms with Gasteiger partial charge in [-0.2, -0.15) is 0 Å². The number of hydrogen-bond acceptors (Lipinski definition) is 4. The Bertz CT molecular complexity index is 583. The predicted molar refractivity (Wildman–Crippen MR) is 85.5 cm³/mol. The number of carbonyl (C=O) groups excluding carboxylic acids is 1. The van der Waals surface area contributed by atoms with Crippen molar-refractivity contribution in [1.82, 2.24) is 9.88 Å². The zero-order valence-corrected chi connectivity index (χ0v) is 14.2. The van der Waals surface area contributed by atoms with E-state index >= 15 is 0 Å². The highest BCUT2D eigenvalue weighted by Crippen LogP contribution is 2.33. The van der Waals surface area contributed by atoms with Gasteiger partial charge in [-0.15, -0.1) is 0 Å². The number of carbonyl (C=O) groups is 2. The number of ether oxygens (including phenoxy) is 1. The van der Waals surface area contributed by atoms with E-state index < -0.39 is 23.6 Å². The van der Waals surface area contributed by atoms with Crippen LogP contribution in [0.5, 0.6) is 0 Å². The van der Waals surface area contributed by atoms with E-state index in [9.17, 15) is 14.7 Å². The first-order chi connectivity index (χ1) is 10.7. The molecule has 1 saturated heterocycles. The smallest absolute Gasteiger partial charge is 0.410 e. The van der Waals surface area contributed by atoms with Crippen molar-refractivity contribution in [3.63, 3.8) is 0 Å². The summed E-state index contributed by atoms with van der Waals surface area (Å²) in [6.07, 6.45) is 1.55. The van der Waals surface area contributed by atoms with E-state index in [1.807, 2.05) is 0 Å². The van der Waals surface area contributed by atoms with Gasteiger partial charge in [-0.25, -0.2) is 4.79 Å². The van der Waals surface area contributed by atoms with Crippen molar-refractivity contribution in [2.75, 3.05) is 13.1 Å². The fourth-order valence-electron chi connectivity index (χ4n) is 2.66. The largest absolute Gasteiger partial charge is 0.481 e. The van der Waals surface area contributed by atoms with Gasteiger partial charge in [0.25, 0.3) is 0 Å². The predicted octanol–water partition coefficient (Wildman–Crippen LogP) is 3.16. The van der Waals surface area contributed by atoms with Crippen molar-refractivity contribution in [3.05, 3.63) is 29.0 Å². The van der Waals surface area contributed by atoms with Crippen molar-refractivity contribution in [1.29, 1.82) is 0 Å². The number of rotatable bonds is 2. The number of aromatic nitrogens is 1. The van der Waals surface area contributed by atoms with Crippen LogP contribution in [0.25, 0.3) is 0 Å². The lowest BCUT2D eigenvalue weighted by atomic mass is 9.83. The van der Waals surface area contributed by atoms with Gasteiger partial charge in [0.05, 0.1) is 10.9 Å². The highest BCUT2D eigenvalue weighted by atomic mass is 35.5. The number of aliphatic carboxylic acids is 1. The molecular formula is C16H21ClN2O4. The Hall–Kier alpha value is -1.82. The molecule has 0 aliphatic carbocycles. The van der Waals surface area contributed by atoms with Crippen LogP contribution in [0.2, 0.25) is 5.02 Å². The van der Waals surface area contributed by atoms with Crippen molar-refractivity contribution in [2.45, 2.75) is 38.7 Å². The zero-order chi connectivity index (χ0) is 17.2. The molecule has 0 spiro atoms. The van der Waals surface area contributed by atoms with Gasteiger partial charge < -0.3 is 14.7 Å². The van der Waals surface area contributed by atoms with Crippen LogP contribution >= 0.6 is 11.6 Å². The summed E-state index contributed by atoms with van der Waals surface area (Å²) in [5.41, 5.74) is 0.0790. The Morgan fingerprint density at radius 3 is 2.61 bits per heavy atom. The Morgan fingerprint density at radius 1 is 1.39 bits per heavy atom. The molecule has 1 aromatic heterocycles. The van der Waals surface area contributed by atoms with Gasteiger partial charge in [-0.05, 0) is 39.3 Å². The Kier molecular flexibility index (Phi) is 5.14. The molecule has 1 aliphatic heterocycles. The number of amides is 1. The number of pyridine rings is 1. The van der Waals surface area contributed by atoms with E-state index in [0.717, 1.165) is 0 Å². The van der Waals surface area contributed by atoms with Crippen molar-refractivity contribution >= 4 is 23.7 Å². The summed E-state index contributed by atoms with van der Waals surface area (Å²) in [5.74, 6) is -1.91. The van der Waals surface area contributed by atoms with E-state index in [-0.39, 0.29) is 12.5 Å². The first-order valence-corrected chi connectivity index (χ1v) is 7.87. The van der Waals surface area contributed by atoms with Crippen LogP contribution in [-0.2, 0) is 9.53 Å². The number of nitrogens with zero attached hydrogens (tertiary/aromatic N) is 2. The van der Waals surface area contributed by atoms with Crippen LogP contribution in [0.4, 0.5) is 4.79 Å². The lowest BCUT2D eigenvalue weighted by Crippen LogP contribution is -2.47. The minimum absolute atomic E-state index is 0.110. The Morgan fingerprint density at radius 2 is 2.09 bits per heavy atom. The fraction of sp³-hybridized carbons (Fsp3) is 0.562. The maximum Gasteiger partial charge on any atom is 0.410 e. The highest BCUT2D eigenvalue weighted by Gasteiger charge is 2.38. The van der Waals surface area contributed by atoms with E-state index in [2.05, 4.69) is 4.98 Å². The first kappa shape index (κ1) is 17.5. The van der Waals surface area contributed by atoms with Crippen LogP contribution in [0.15, 0.2) is 18.3 Å². The average molecular weight is 341 g/mol. The summed E-state index contributed by atoms with van der Waals surface area (Å²) in [4.78, 5) is 29.5. The molecule has 2 heterocycles. The molecule has 2 atom stereocenters. The number of halogens is 1. The molecule has 0 aromatic carbocycles. The summed E-state index contributed by atoms with van der Waals surface area (Å²) < 4.78 is 5.32. The number of piperidine rings is 1. The van der Waals surface area contributed by atoms with E-state index in [1.165, 1.54) is 11.1 Å². The number of carboxylic acid groups (broad SMARTS) is 1. The third-order valence-corrected chi connectivity index (χ3v) is 3.94. The van der Waals surface area contributed by atoms with Gasteiger partial charge in [-0.3, -0.25) is 9.78 Å². The normalized spacial score (nSPS) is 21.8. The molecule has 126 valence electrons. The number of likely N-dealkylation sites (tertiary alicyclic amines) is 1. The molecule has 1 N–H and O–H groups in total. The van der Waals surface area contributed by atoms with Gasteiger partial charge in [0.2, 0.25) is 0 Å². The SMILES string of the molecule is CC(C)(C)OC(=O)N1CC[C@@H](c2ccc(Cl)cn2)[C@H](C(=O)O)C1. The Balaban J connectivity index is 2.13. The Labute approximate surface area is 140 Å². The molecule has 6 nitrogen and oxygen atoms in total. The van der Waals surface area contributed by atoms with Crippen molar-refractivity contribution in [2.24, 2.45) is 5.92 Å². The lowest BCUT2D eigenvalue weighted by Gasteiger charge is -2.36. The number of hydrogen-bond donors (Lipinski definition) is 1. The molecule has 0 unspecified atom stereocenters. The number of carboxylic acids is 1. The van der Waals surface area contributed by atoms with E-state index in [1.54, 1.807) is 32.9 Å². The summed E-state index contributed by atoms with van der Waals surface area (Å²) in [7, 11) is 0. The van der Waals surface area contributed by atoms with Crippen molar-refractivity contribution in [3.8, 4) is 0 Å². The summed E-state index contributed by atoms with van der Waals surface area (Å²) in [6, 6.07) is 3.44. The van der Waals surface area contributed by atoms with Gasteiger partial charge in [0.15, 0.2) is 0 Å². The third kappa shape index (κ3) is 4.58. The molecule has 0 bridgehead atoms. The topological polar surface area (TPSA) is 79.7 Å². The van der Waals surface area contributed by atoms with Crippen LogP contribution in [0.3, 0.4) is 0 Å². The molecule has 2 rings (SSSR count). The minimum atomic E-state index is -0.944. The first-order valence-electron chi connectivity index (χ1n) is 7.49. The second kappa shape index (κ2) is 6.74. The monoisotopic (exact) mass is 340 g/mol. The average Bonchev–Trinajstić information content (AvgIpc) is 2.45. The summed E-state index contributed by atoms with van der Waals surface area (Å²) in [6.45, 7) is 5.89. The van der Waals surface area contributed by atoms with Crippen LogP contribution in [-0.4, -0.2) is 45.7 Å². The molecule has 0 saturated carbocycles. The molecule has 1 aliphatic rings. The van der Waals surface area contributed by atoms with Crippen molar-refractivity contribution < 1.29 is 19.4 Å². The highest BCUT2D eigenvalue weighted by molar-refractivity contribution is 6.30. The molecule has 1 fully saturated rings. The van der Waals surface area contributed by atoms with Gasteiger partial charge >= 0.3 is 12.1 Å². The minimum Gasteiger partial charge on any atom is -0.481 e. The molecule has 1 aromatic rings. The summed E-state index contributed by atoms with van der Waals surface area (Å²) in [5, 5.41) is 10.0. The molecule has 7 heteroatoms. The van der Waals surface area contributed by atoms with Crippen LogP contribution in [0, 0.1) is 5.92 Å². The molecular weight excluding hydrogens is 320 g/mol. The van der Waals surface area contributed by atoms with Gasteiger partial charge in [-0.1, -0.05) is 11.6 Å². The standard InChI is InChI=1S/C16H21ClN2O4/c1-16(2,3)23-15(22)19-7-6-11(12(9-19)14(20)21)13-5-4-10(17)8-18-13/h4-5,8,11-12H,6-7,9H2,1-3H3,(H,20,21)/t11-,12-/m1/s1. The quantitative estimate of drug-likeness (QED) is 0.894. The molecule has 23 heavy (non-hydrogen) atoms. The molecule has 1 amide bonds.